The van der Waals surface area contributed by atoms with Crippen LogP contribution < -0.4 is 43.8 Å². The van der Waals surface area contributed by atoms with Crippen LogP contribution in [0.4, 0.5) is 0 Å². The molecular weight excluding hydrogens is 1240 g/mol. The fourth-order valence-electron chi connectivity index (χ4n) is 12.3. The SMILES string of the molecule is CCCCCCCCCCCCCCC/C=N/NC(=O)CC[C@H](NC(=O)CC[C@H](N=C(N)N)C(=O)N[C@@H](CCC(=O)N/N=C/CCCCCCCCCCCCCCC)C(=O)N/N=C/CCCCCCCCCCCCCCC)C(=O)N/N=C/CCCCCCCCCCCCCCC. The first-order valence-electron chi connectivity index (χ1n) is 41.4. The van der Waals surface area contributed by atoms with Crippen molar-refractivity contribution in [1.82, 2.24) is 32.3 Å². The molecule has 3 atom stereocenters. The van der Waals surface area contributed by atoms with Crippen LogP contribution in [0.15, 0.2) is 25.4 Å². The van der Waals surface area contributed by atoms with Crippen LogP contribution >= 0.6 is 0 Å². The average molecular weight is 1390 g/mol. The Morgan fingerprint density at radius 1 is 0.273 bits per heavy atom. The molecule has 0 spiro atoms. The predicted octanol–water partition coefficient (Wildman–Crippen LogP) is 19.3. The van der Waals surface area contributed by atoms with Gasteiger partial charge >= 0.3 is 0 Å². The molecule has 0 aliphatic heterocycles. The summed E-state index contributed by atoms with van der Waals surface area (Å²) in [4.78, 5) is 85.4. The van der Waals surface area contributed by atoms with E-state index in [4.69, 9.17) is 11.5 Å². The summed E-state index contributed by atoms with van der Waals surface area (Å²) in [6.45, 7) is 9.01. The van der Waals surface area contributed by atoms with Gasteiger partial charge in [0, 0.05) is 44.1 Å². The number of hydrazone groups is 4. The first-order chi connectivity index (χ1) is 48.5. The number of rotatable bonds is 75. The van der Waals surface area contributed by atoms with Crippen molar-refractivity contribution in [3.63, 3.8) is 0 Å². The number of unbranched alkanes of at least 4 members (excludes halogenated alkanes) is 52. The van der Waals surface area contributed by atoms with Crippen LogP contribution in [-0.2, 0) is 28.8 Å². The third-order valence-corrected chi connectivity index (χ3v) is 18.7. The van der Waals surface area contributed by atoms with E-state index in [9.17, 15) is 28.8 Å². The summed E-state index contributed by atoms with van der Waals surface area (Å²) in [6, 6.07) is -3.72. The summed E-state index contributed by atoms with van der Waals surface area (Å²) in [7, 11) is 0. The molecule has 19 heteroatoms. The van der Waals surface area contributed by atoms with Gasteiger partial charge in [0.25, 0.3) is 11.8 Å². The number of nitrogens with two attached hydrogens (primary N) is 2. The normalized spacial score (nSPS) is 12.6. The van der Waals surface area contributed by atoms with Gasteiger partial charge in [-0.2, -0.15) is 20.4 Å². The van der Waals surface area contributed by atoms with E-state index in [0.29, 0.717) is 12.8 Å². The summed E-state index contributed by atoms with van der Waals surface area (Å²) >= 11 is 0. The van der Waals surface area contributed by atoms with Gasteiger partial charge in [0.2, 0.25) is 23.6 Å². The highest BCUT2D eigenvalue weighted by atomic mass is 16.2. The van der Waals surface area contributed by atoms with E-state index in [-0.39, 0.29) is 38.5 Å². The maximum atomic E-state index is 14.1. The molecule has 0 aromatic carbocycles. The molecule has 0 aliphatic rings. The second kappa shape index (κ2) is 75.4. The van der Waals surface area contributed by atoms with Crippen LogP contribution in [0.25, 0.3) is 0 Å². The fourth-order valence-corrected chi connectivity index (χ4v) is 12.3. The van der Waals surface area contributed by atoms with Crippen molar-refractivity contribution >= 4 is 66.3 Å². The minimum atomic E-state index is -1.33. The van der Waals surface area contributed by atoms with Gasteiger partial charge in [0.05, 0.1) is 0 Å². The fraction of sp³-hybridized carbons (Fsp3) is 0.863. The summed E-state index contributed by atoms with van der Waals surface area (Å²) in [5.74, 6) is -3.88. The van der Waals surface area contributed by atoms with Crippen molar-refractivity contribution in [2.75, 3.05) is 0 Å². The lowest BCUT2D eigenvalue weighted by molar-refractivity contribution is -0.131. The second-order valence-corrected chi connectivity index (χ2v) is 28.3. The molecule has 0 saturated carbocycles. The maximum absolute atomic E-state index is 14.1. The second-order valence-electron chi connectivity index (χ2n) is 28.3. The van der Waals surface area contributed by atoms with Gasteiger partial charge in [0.1, 0.15) is 18.1 Å². The minimum Gasteiger partial charge on any atom is -0.370 e. The molecule has 0 rings (SSSR count). The van der Waals surface area contributed by atoms with Crippen LogP contribution in [0.2, 0.25) is 0 Å². The Morgan fingerprint density at radius 3 is 0.747 bits per heavy atom. The van der Waals surface area contributed by atoms with Crippen LogP contribution in [0.5, 0.6) is 0 Å². The molecule has 0 aliphatic carbocycles. The van der Waals surface area contributed by atoms with Crippen molar-refractivity contribution in [3.8, 4) is 0 Å². The van der Waals surface area contributed by atoms with Crippen LogP contribution in [0.3, 0.4) is 0 Å². The van der Waals surface area contributed by atoms with Gasteiger partial charge in [-0.3, -0.25) is 28.8 Å². The Hall–Kier alpha value is -5.23. The molecule has 0 heterocycles. The first kappa shape index (κ1) is 93.8. The highest BCUT2D eigenvalue weighted by molar-refractivity contribution is 5.93. The molecule has 10 N–H and O–H groups in total. The molecule has 6 amide bonds. The Morgan fingerprint density at radius 2 is 0.495 bits per heavy atom. The number of carbonyl (C=O) groups is 6. The van der Waals surface area contributed by atoms with Gasteiger partial charge in [-0.1, -0.05) is 336 Å². The van der Waals surface area contributed by atoms with Gasteiger partial charge < -0.3 is 22.1 Å². The largest absolute Gasteiger partial charge is 0.370 e. The lowest BCUT2D eigenvalue weighted by Gasteiger charge is -2.20. The summed E-state index contributed by atoms with van der Waals surface area (Å²) < 4.78 is 0. The highest BCUT2D eigenvalue weighted by Gasteiger charge is 2.28. The van der Waals surface area contributed by atoms with Crippen LogP contribution in [-0.4, -0.2) is 84.4 Å². The number of hydrogen-bond donors (Lipinski definition) is 8. The molecule has 0 radical (unpaired) electrons. The Labute approximate surface area is 605 Å². The predicted molar refractivity (Wildman–Crippen MR) is 419 cm³/mol. The number of guanidine groups is 1. The van der Waals surface area contributed by atoms with Crippen LogP contribution in [0.1, 0.15) is 426 Å². The minimum absolute atomic E-state index is 0.0545. The number of nitrogens with zero attached hydrogens (tertiary/aromatic N) is 5. The number of hydrogen-bond acceptors (Lipinski definition) is 11. The quantitative estimate of drug-likeness (QED) is 0.0125. The van der Waals surface area contributed by atoms with Crippen molar-refractivity contribution in [1.29, 1.82) is 0 Å². The highest BCUT2D eigenvalue weighted by Crippen LogP contribution is 2.18. The molecule has 0 aromatic heterocycles. The van der Waals surface area contributed by atoms with Crippen molar-refractivity contribution < 1.29 is 28.8 Å². The zero-order chi connectivity index (χ0) is 72.2. The summed E-state index contributed by atoms with van der Waals surface area (Å²) in [6.07, 6.45) is 73.9. The molecule has 0 saturated heterocycles. The molecule has 574 valence electrons. The monoisotopic (exact) mass is 1390 g/mol. The van der Waals surface area contributed by atoms with E-state index >= 15 is 0 Å². The van der Waals surface area contributed by atoms with E-state index in [1.165, 1.54) is 270 Å². The van der Waals surface area contributed by atoms with Gasteiger partial charge in [-0.25, -0.2) is 26.7 Å². The van der Waals surface area contributed by atoms with E-state index < -0.39 is 59.5 Å². The van der Waals surface area contributed by atoms with Gasteiger partial charge in [0.15, 0.2) is 5.96 Å². The topological polar surface area (TPSA) is 288 Å². The third kappa shape index (κ3) is 68.3. The Kier molecular flexibility index (Phi) is 71.4. The first-order valence-corrected chi connectivity index (χ1v) is 41.4. The van der Waals surface area contributed by atoms with Crippen molar-refractivity contribution in [2.24, 2.45) is 36.9 Å². The summed E-state index contributed by atoms with van der Waals surface area (Å²) in [5.41, 5.74) is 21.9. The van der Waals surface area contributed by atoms with Crippen LogP contribution in [0, 0.1) is 0 Å². The van der Waals surface area contributed by atoms with Crippen molar-refractivity contribution in [2.45, 2.75) is 444 Å². The lowest BCUT2D eigenvalue weighted by atomic mass is 10.0. The standard InChI is InChI=1S/C80H153N13O6/c1-5-9-13-17-21-25-29-33-37-41-45-49-53-57-67-83-90-75(95)65-62-72(78(98)92-85-69-59-55-51-47-43-39-35-31-27-23-19-15-11-7-3)87-74(94)64-61-71(89-80(81)82)77(97)88-73(79(99)93-86-70-60-56-52-48-44-40-36-32-28-24-20-16-12-8-4)63-66-76(96)91-84-68-58-54-50-46-42-38-34-30-26-22-18-14-10-6-2/h67-73H,5-66H2,1-4H3,(H,87,94)(H,88,97)(H,90,95)(H,91,96)(H,92,98)(H,93,99)(H4,81,82,89)/b83-67+,84-68+,85-69+,86-70+/t71-,72-,73-/m0/s1. The number of nitrogens with one attached hydrogen (secondary N) is 6. The smallest absolute Gasteiger partial charge is 0.262 e. The van der Waals surface area contributed by atoms with E-state index in [0.717, 1.165) is 77.0 Å². The van der Waals surface area contributed by atoms with Gasteiger partial charge in [-0.15, -0.1) is 0 Å². The molecule has 0 aromatic rings. The Balaban J connectivity index is 5.74. The van der Waals surface area contributed by atoms with E-state index in [1.807, 2.05) is 0 Å². The maximum Gasteiger partial charge on any atom is 0.262 e. The molecule has 0 fully saturated rings. The van der Waals surface area contributed by atoms with E-state index in [2.05, 4.69) is 85.4 Å². The zero-order valence-electron chi connectivity index (χ0n) is 64.2. The molecule has 0 bridgehead atoms. The molecular formula is C80H153N13O6. The number of carbonyl (C=O) groups excluding carboxylic acids is 6. The van der Waals surface area contributed by atoms with E-state index in [1.54, 1.807) is 24.9 Å². The zero-order valence-corrected chi connectivity index (χ0v) is 64.2. The lowest BCUT2D eigenvalue weighted by Crippen LogP contribution is -2.49. The third-order valence-electron chi connectivity index (χ3n) is 18.7. The number of aliphatic imine (C=N–C) groups is 1. The Bertz CT molecular complexity index is 2050. The van der Waals surface area contributed by atoms with Crippen molar-refractivity contribution in [3.05, 3.63) is 0 Å². The molecule has 99 heavy (non-hydrogen) atoms. The summed E-state index contributed by atoms with van der Waals surface area (Å²) in [5, 5.41) is 22.1. The molecule has 0 unspecified atom stereocenters. The average Bonchev–Trinajstić information content (AvgIpc) is 1.16. The van der Waals surface area contributed by atoms with Gasteiger partial charge in [-0.05, 0) is 70.6 Å². The molecule has 19 nitrogen and oxygen atoms in total. The number of amides is 6.